The summed E-state index contributed by atoms with van der Waals surface area (Å²) in [7, 11) is 3.76. The van der Waals surface area contributed by atoms with Crippen molar-refractivity contribution in [2.45, 2.75) is 20.1 Å². The Morgan fingerprint density at radius 2 is 2.18 bits per heavy atom. The quantitative estimate of drug-likeness (QED) is 0.806. The Morgan fingerprint density at radius 3 is 2.76 bits per heavy atom. The predicted molar refractivity (Wildman–Crippen MR) is 74.0 cm³/mol. The van der Waals surface area contributed by atoms with Crippen molar-refractivity contribution in [1.29, 1.82) is 0 Å². The van der Waals surface area contributed by atoms with Crippen LogP contribution in [0.15, 0.2) is 23.2 Å². The fourth-order valence-electron chi connectivity index (χ4n) is 1.85. The molecule has 17 heavy (non-hydrogen) atoms. The second-order valence-electron chi connectivity index (χ2n) is 4.30. The number of hydrogen-bond acceptors (Lipinski definition) is 3. The first-order valence-corrected chi connectivity index (χ1v) is 6.64. The first kappa shape index (κ1) is 12.5. The molecule has 2 rings (SSSR count). The first-order chi connectivity index (χ1) is 8.11. The van der Waals surface area contributed by atoms with Crippen molar-refractivity contribution >= 4 is 22.6 Å². The van der Waals surface area contributed by atoms with Gasteiger partial charge in [0.2, 0.25) is 0 Å². The van der Waals surface area contributed by atoms with Gasteiger partial charge in [-0.15, -0.1) is 0 Å². The van der Waals surface area contributed by atoms with E-state index in [1.54, 1.807) is 18.9 Å². The van der Waals surface area contributed by atoms with Crippen molar-refractivity contribution in [3.05, 3.63) is 29.3 Å². The van der Waals surface area contributed by atoms with E-state index in [0.717, 1.165) is 16.6 Å². The Bertz CT molecular complexity index is 445. The third-order valence-corrected chi connectivity index (χ3v) is 4.02. The minimum absolute atomic E-state index is 0.143. The molecule has 0 amide bonds. The molecular formula is C13H18N2OS. The van der Waals surface area contributed by atoms with Gasteiger partial charge in [0.1, 0.15) is 6.23 Å². The maximum absolute atomic E-state index is 5.36. The van der Waals surface area contributed by atoms with Gasteiger partial charge in [-0.25, -0.2) is 4.99 Å². The summed E-state index contributed by atoms with van der Waals surface area (Å²) in [5, 5.41) is 1.03. The molecule has 1 aliphatic rings. The molecule has 1 aromatic rings. The molecule has 1 aromatic carbocycles. The van der Waals surface area contributed by atoms with Crippen LogP contribution in [-0.4, -0.2) is 36.2 Å². The van der Waals surface area contributed by atoms with Crippen LogP contribution < -0.4 is 0 Å². The van der Waals surface area contributed by atoms with Crippen molar-refractivity contribution in [2.75, 3.05) is 19.9 Å². The molecule has 0 saturated carbocycles. The van der Waals surface area contributed by atoms with Gasteiger partial charge >= 0.3 is 0 Å². The van der Waals surface area contributed by atoms with E-state index >= 15 is 0 Å². The van der Waals surface area contributed by atoms with Gasteiger partial charge in [0.25, 0.3) is 0 Å². The zero-order valence-electron chi connectivity index (χ0n) is 10.7. The highest BCUT2D eigenvalue weighted by molar-refractivity contribution is 8.14. The summed E-state index contributed by atoms with van der Waals surface area (Å²) in [4.78, 5) is 6.79. The lowest BCUT2D eigenvalue weighted by molar-refractivity contribution is 0.0450. The van der Waals surface area contributed by atoms with Gasteiger partial charge in [0.05, 0.1) is 5.69 Å². The van der Waals surface area contributed by atoms with E-state index in [9.17, 15) is 0 Å². The Kier molecular flexibility index (Phi) is 3.74. The lowest BCUT2D eigenvalue weighted by atomic mass is 10.1. The van der Waals surface area contributed by atoms with Crippen LogP contribution in [0.3, 0.4) is 0 Å². The fourth-order valence-corrected chi connectivity index (χ4v) is 2.99. The van der Waals surface area contributed by atoms with Crippen LogP contribution in [0.1, 0.15) is 11.1 Å². The van der Waals surface area contributed by atoms with E-state index in [0.29, 0.717) is 0 Å². The van der Waals surface area contributed by atoms with Crippen LogP contribution in [0.5, 0.6) is 0 Å². The van der Waals surface area contributed by atoms with Gasteiger partial charge in [0, 0.05) is 19.9 Å². The number of ether oxygens (including phenoxy) is 1. The average molecular weight is 250 g/mol. The normalized spacial score (nSPS) is 22.5. The Balaban J connectivity index is 2.25. The average Bonchev–Trinajstić information content (AvgIpc) is 2.64. The molecule has 1 aliphatic heterocycles. The van der Waals surface area contributed by atoms with E-state index in [-0.39, 0.29) is 6.23 Å². The zero-order chi connectivity index (χ0) is 12.4. The number of nitrogens with zero attached hydrogens (tertiary/aromatic N) is 2. The molecule has 1 saturated heterocycles. The van der Waals surface area contributed by atoms with Crippen LogP contribution in [0.2, 0.25) is 0 Å². The molecule has 0 aliphatic carbocycles. The molecule has 1 heterocycles. The second-order valence-corrected chi connectivity index (χ2v) is 5.28. The molecule has 0 bridgehead atoms. The number of rotatable bonds is 2. The van der Waals surface area contributed by atoms with Crippen LogP contribution in [-0.2, 0) is 4.74 Å². The van der Waals surface area contributed by atoms with Gasteiger partial charge in [-0.05, 0) is 25.5 Å². The summed E-state index contributed by atoms with van der Waals surface area (Å²) in [6.45, 7) is 4.20. The van der Waals surface area contributed by atoms with Crippen molar-refractivity contribution in [2.24, 2.45) is 4.99 Å². The highest BCUT2D eigenvalue weighted by Gasteiger charge is 2.26. The number of aryl methyl sites for hydroxylation is 2. The van der Waals surface area contributed by atoms with E-state index in [2.05, 4.69) is 36.9 Å². The number of thioether (sulfide) groups is 1. The molecular weight excluding hydrogens is 232 g/mol. The molecule has 0 N–H and O–H groups in total. The van der Waals surface area contributed by atoms with Gasteiger partial charge < -0.3 is 9.64 Å². The SMILES string of the molecule is COC1CSC(=Nc2ccc(C)cc2C)N1C. The van der Waals surface area contributed by atoms with Crippen molar-refractivity contribution < 1.29 is 4.74 Å². The number of methoxy groups -OCH3 is 1. The lowest BCUT2D eigenvalue weighted by Gasteiger charge is -2.19. The van der Waals surface area contributed by atoms with Gasteiger partial charge in [-0.3, -0.25) is 0 Å². The molecule has 1 unspecified atom stereocenters. The number of aliphatic imine (C=N–C) groups is 1. The minimum Gasteiger partial charge on any atom is -0.361 e. The highest BCUT2D eigenvalue weighted by Crippen LogP contribution is 2.27. The van der Waals surface area contributed by atoms with Gasteiger partial charge in [-0.2, -0.15) is 0 Å². The number of hydrogen-bond donors (Lipinski definition) is 0. The van der Waals surface area contributed by atoms with Gasteiger partial charge in [-0.1, -0.05) is 29.5 Å². The highest BCUT2D eigenvalue weighted by atomic mass is 32.2. The number of amidine groups is 1. The largest absolute Gasteiger partial charge is 0.361 e. The topological polar surface area (TPSA) is 24.8 Å². The Morgan fingerprint density at radius 1 is 1.41 bits per heavy atom. The van der Waals surface area contributed by atoms with E-state index in [4.69, 9.17) is 9.73 Å². The van der Waals surface area contributed by atoms with Crippen molar-refractivity contribution in [3.63, 3.8) is 0 Å². The Hall–Kier alpha value is -1.00. The van der Waals surface area contributed by atoms with Gasteiger partial charge in [0.15, 0.2) is 5.17 Å². The van der Waals surface area contributed by atoms with Crippen LogP contribution in [0.4, 0.5) is 5.69 Å². The summed E-state index contributed by atoms with van der Waals surface area (Å²) in [5.74, 6) is 0.941. The lowest BCUT2D eigenvalue weighted by Crippen LogP contribution is -2.31. The fraction of sp³-hybridized carbons (Fsp3) is 0.462. The maximum Gasteiger partial charge on any atom is 0.166 e. The van der Waals surface area contributed by atoms with Crippen LogP contribution in [0.25, 0.3) is 0 Å². The van der Waals surface area contributed by atoms with Crippen molar-refractivity contribution in [3.8, 4) is 0 Å². The Labute approximate surface area is 107 Å². The molecule has 1 fully saturated rings. The monoisotopic (exact) mass is 250 g/mol. The maximum atomic E-state index is 5.36. The van der Waals surface area contributed by atoms with E-state index in [1.807, 2.05) is 7.05 Å². The summed E-state index contributed by atoms with van der Waals surface area (Å²) in [5.41, 5.74) is 3.53. The molecule has 4 heteroatoms. The molecule has 0 aromatic heterocycles. The van der Waals surface area contributed by atoms with E-state index < -0.39 is 0 Å². The summed E-state index contributed by atoms with van der Waals surface area (Å²) in [6.07, 6.45) is 0.143. The molecule has 92 valence electrons. The zero-order valence-corrected chi connectivity index (χ0v) is 11.5. The second kappa shape index (κ2) is 5.10. The summed E-state index contributed by atoms with van der Waals surface area (Å²) >= 11 is 1.74. The third kappa shape index (κ3) is 2.64. The predicted octanol–water partition coefficient (Wildman–Crippen LogP) is 2.94. The first-order valence-electron chi connectivity index (χ1n) is 5.66. The minimum atomic E-state index is 0.143. The molecule has 1 atom stereocenters. The summed E-state index contributed by atoms with van der Waals surface area (Å²) in [6, 6.07) is 6.33. The molecule has 0 radical (unpaired) electrons. The van der Waals surface area contributed by atoms with Crippen LogP contribution in [0, 0.1) is 13.8 Å². The van der Waals surface area contributed by atoms with E-state index in [1.165, 1.54) is 11.1 Å². The number of benzene rings is 1. The van der Waals surface area contributed by atoms with Crippen molar-refractivity contribution in [1.82, 2.24) is 4.90 Å². The standard InChI is InChI=1S/C13H18N2OS/c1-9-5-6-11(10(2)7-9)14-13-15(3)12(16-4)8-17-13/h5-7,12H,8H2,1-4H3. The van der Waals surface area contributed by atoms with Crippen LogP contribution >= 0.6 is 11.8 Å². The summed E-state index contributed by atoms with van der Waals surface area (Å²) < 4.78 is 5.36. The smallest absolute Gasteiger partial charge is 0.166 e. The molecule has 0 spiro atoms. The molecule has 3 nitrogen and oxygen atoms in total. The third-order valence-electron chi connectivity index (χ3n) is 2.93.